The Balaban J connectivity index is 0.00000128. The number of fused-ring (bicyclic) bond motifs is 1. The van der Waals surface area contributed by atoms with Crippen molar-refractivity contribution in [2.45, 2.75) is 19.4 Å². The van der Waals surface area contributed by atoms with E-state index in [4.69, 9.17) is 5.73 Å². The predicted molar refractivity (Wildman–Crippen MR) is 71.1 cm³/mol. The van der Waals surface area contributed by atoms with Gasteiger partial charge in [0.15, 0.2) is 0 Å². The van der Waals surface area contributed by atoms with Gasteiger partial charge < -0.3 is 10.6 Å². The van der Waals surface area contributed by atoms with Gasteiger partial charge in [-0.25, -0.2) is 0 Å². The van der Waals surface area contributed by atoms with Gasteiger partial charge in [-0.2, -0.15) is 0 Å². The van der Waals surface area contributed by atoms with Crippen molar-refractivity contribution in [3.05, 3.63) is 28.2 Å². The first-order valence-corrected chi connectivity index (χ1v) is 5.74. The summed E-state index contributed by atoms with van der Waals surface area (Å²) in [5.41, 5.74) is 7.81. The van der Waals surface area contributed by atoms with Crippen LogP contribution in [0.2, 0.25) is 0 Å². The van der Waals surface area contributed by atoms with Crippen molar-refractivity contribution >= 4 is 39.9 Å². The van der Waals surface area contributed by atoms with Gasteiger partial charge in [-0.3, -0.25) is 4.79 Å². The van der Waals surface area contributed by atoms with Crippen LogP contribution in [0.4, 0.5) is 5.69 Å². The molecule has 1 aliphatic rings. The molecule has 3 nitrogen and oxygen atoms in total. The minimum Gasteiger partial charge on any atom is -0.320 e. The molecule has 0 bridgehead atoms. The van der Waals surface area contributed by atoms with Crippen LogP contribution >= 0.6 is 28.3 Å². The van der Waals surface area contributed by atoms with Crippen LogP contribution in [0.1, 0.15) is 12.5 Å². The van der Waals surface area contributed by atoms with Crippen LogP contribution in [-0.4, -0.2) is 18.5 Å². The average Bonchev–Trinajstić information content (AvgIpc) is 2.59. The highest BCUT2D eigenvalue weighted by Crippen LogP contribution is 2.30. The number of halogens is 2. The minimum absolute atomic E-state index is 0. The molecule has 1 amide bonds. The summed E-state index contributed by atoms with van der Waals surface area (Å²) < 4.78 is 1.05. The Morgan fingerprint density at radius 1 is 1.56 bits per heavy atom. The van der Waals surface area contributed by atoms with E-state index in [0.29, 0.717) is 0 Å². The Morgan fingerprint density at radius 2 is 2.25 bits per heavy atom. The molecule has 0 saturated carbocycles. The summed E-state index contributed by atoms with van der Waals surface area (Å²) in [6.07, 6.45) is 0.910. The Morgan fingerprint density at radius 3 is 2.88 bits per heavy atom. The normalized spacial score (nSPS) is 15.3. The lowest BCUT2D eigenvalue weighted by molar-refractivity contribution is -0.119. The number of amides is 1. The Kier molecular flexibility index (Phi) is 4.35. The van der Waals surface area contributed by atoms with E-state index in [9.17, 15) is 4.79 Å². The number of carbonyl (C=O) groups excluding carboxylic acids is 1. The van der Waals surface area contributed by atoms with E-state index in [-0.39, 0.29) is 18.3 Å². The lowest BCUT2D eigenvalue weighted by Crippen LogP contribution is -2.41. The quantitative estimate of drug-likeness (QED) is 0.864. The smallest absolute Gasteiger partial charge is 0.243 e. The second kappa shape index (κ2) is 5.17. The van der Waals surface area contributed by atoms with Gasteiger partial charge in [-0.1, -0.05) is 15.9 Å². The summed E-state index contributed by atoms with van der Waals surface area (Å²) in [5, 5.41) is 0. The Bertz CT molecular complexity index is 409. The van der Waals surface area contributed by atoms with E-state index in [1.54, 1.807) is 11.8 Å². The zero-order valence-electron chi connectivity index (χ0n) is 8.94. The molecular formula is C11H14BrClN2O. The van der Waals surface area contributed by atoms with E-state index in [1.165, 1.54) is 5.56 Å². The van der Waals surface area contributed by atoms with Crippen molar-refractivity contribution in [3.8, 4) is 0 Å². The third-order valence-corrected chi connectivity index (χ3v) is 3.09. The predicted octanol–water partition coefficient (Wildman–Crippen LogP) is 2.11. The first-order valence-electron chi connectivity index (χ1n) is 4.95. The van der Waals surface area contributed by atoms with Crippen LogP contribution in [-0.2, 0) is 11.2 Å². The number of carbonyl (C=O) groups is 1. The van der Waals surface area contributed by atoms with Crippen molar-refractivity contribution in [2.24, 2.45) is 5.73 Å². The minimum atomic E-state index is -0.431. The van der Waals surface area contributed by atoms with Gasteiger partial charge in [0.1, 0.15) is 0 Å². The zero-order chi connectivity index (χ0) is 11.0. The molecule has 0 aliphatic carbocycles. The van der Waals surface area contributed by atoms with Gasteiger partial charge >= 0.3 is 0 Å². The molecule has 2 rings (SSSR count). The van der Waals surface area contributed by atoms with Gasteiger partial charge in [0, 0.05) is 16.7 Å². The molecule has 1 heterocycles. The maximum atomic E-state index is 11.8. The fourth-order valence-corrected chi connectivity index (χ4v) is 2.25. The van der Waals surface area contributed by atoms with Gasteiger partial charge in [-0.05, 0) is 37.1 Å². The van der Waals surface area contributed by atoms with E-state index in [0.717, 1.165) is 23.1 Å². The van der Waals surface area contributed by atoms with Crippen molar-refractivity contribution in [2.75, 3.05) is 11.4 Å². The van der Waals surface area contributed by atoms with Crippen molar-refractivity contribution in [3.63, 3.8) is 0 Å². The molecule has 88 valence electrons. The van der Waals surface area contributed by atoms with Crippen LogP contribution in [0, 0.1) is 0 Å². The number of rotatable bonds is 1. The fourth-order valence-electron chi connectivity index (χ4n) is 1.85. The lowest BCUT2D eigenvalue weighted by Gasteiger charge is -2.19. The zero-order valence-corrected chi connectivity index (χ0v) is 11.3. The number of hydrogen-bond donors (Lipinski definition) is 1. The second-order valence-electron chi connectivity index (χ2n) is 3.80. The first-order chi connectivity index (χ1) is 7.09. The van der Waals surface area contributed by atoms with E-state index >= 15 is 0 Å². The molecule has 0 spiro atoms. The number of nitrogens with two attached hydrogens (primary N) is 1. The van der Waals surface area contributed by atoms with Crippen LogP contribution in [0.5, 0.6) is 0 Å². The number of anilines is 1. The average molecular weight is 306 g/mol. The fraction of sp³-hybridized carbons (Fsp3) is 0.364. The largest absolute Gasteiger partial charge is 0.320 e. The van der Waals surface area contributed by atoms with Gasteiger partial charge in [0.25, 0.3) is 0 Å². The van der Waals surface area contributed by atoms with Crippen molar-refractivity contribution in [1.29, 1.82) is 0 Å². The molecule has 2 N–H and O–H groups in total. The molecule has 0 unspecified atom stereocenters. The van der Waals surface area contributed by atoms with Crippen LogP contribution in [0.3, 0.4) is 0 Å². The Labute approximate surface area is 110 Å². The molecule has 5 heteroatoms. The van der Waals surface area contributed by atoms with Crippen LogP contribution in [0.15, 0.2) is 22.7 Å². The molecule has 0 radical (unpaired) electrons. The summed E-state index contributed by atoms with van der Waals surface area (Å²) in [6, 6.07) is 5.54. The first kappa shape index (κ1) is 13.5. The second-order valence-corrected chi connectivity index (χ2v) is 4.72. The van der Waals surface area contributed by atoms with Gasteiger partial charge in [-0.15, -0.1) is 12.4 Å². The topological polar surface area (TPSA) is 46.3 Å². The molecule has 0 aromatic heterocycles. The molecule has 16 heavy (non-hydrogen) atoms. The highest BCUT2D eigenvalue weighted by molar-refractivity contribution is 9.10. The van der Waals surface area contributed by atoms with Gasteiger partial charge in [0.05, 0.1) is 6.04 Å². The SMILES string of the molecule is C[C@H](N)C(=O)N1CCc2cc(Br)ccc21.Cl. The van der Waals surface area contributed by atoms with Crippen molar-refractivity contribution in [1.82, 2.24) is 0 Å². The molecule has 0 fully saturated rings. The summed E-state index contributed by atoms with van der Waals surface area (Å²) in [6.45, 7) is 2.46. The molecule has 1 aromatic rings. The standard InChI is InChI=1S/C11H13BrN2O.ClH/c1-7(13)11(15)14-5-4-8-6-9(12)2-3-10(8)14;/h2-3,6-7H,4-5,13H2,1H3;1H/t7-;/m0./s1. The van der Waals surface area contributed by atoms with Gasteiger partial charge in [0.2, 0.25) is 5.91 Å². The maximum absolute atomic E-state index is 11.8. The number of benzene rings is 1. The molecular weight excluding hydrogens is 291 g/mol. The van der Waals surface area contributed by atoms with Crippen LogP contribution < -0.4 is 10.6 Å². The third kappa shape index (κ3) is 2.39. The monoisotopic (exact) mass is 304 g/mol. The van der Waals surface area contributed by atoms with E-state index < -0.39 is 6.04 Å². The molecule has 1 aromatic carbocycles. The molecule has 1 aliphatic heterocycles. The van der Waals surface area contributed by atoms with Crippen LogP contribution in [0.25, 0.3) is 0 Å². The maximum Gasteiger partial charge on any atom is 0.243 e. The highest BCUT2D eigenvalue weighted by Gasteiger charge is 2.26. The summed E-state index contributed by atoms with van der Waals surface area (Å²) in [4.78, 5) is 13.6. The number of nitrogens with zero attached hydrogens (tertiary/aromatic N) is 1. The summed E-state index contributed by atoms with van der Waals surface area (Å²) >= 11 is 3.42. The third-order valence-electron chi connectivity index (χ3n) is 2.59. The van der Waals surface area contributed by atoms with E-state index in [1.807, 2.05) is 12.1 Å². The molecule has 1 atom stereocenters. The summed E-state index contributed by atoms with van der Waals surface area (Å²) in [5.74, 6) is -0.00364. The Hall–Kier alpha value is -0.580. The summed E-state index contributed by atoms with van der Waals surface area (Å²) in [7, 11) is 0. The van der Waals surface area contributed by atoms with E-state index in [2.05, 4.69) is 22.0 Å². The molecule has 0 saturated heterocycles. The number of hydrogen-bond acceptors (Lipinski definition) is 2. The van der Waals surface area contributed by atoms with Crippen molar-refractivity contribution < 1.29 is 4.79 Å². The highest BCUT2D eigenvalue weighted by atomic mass is 79.9. The lowest BCUT2D eigenvalue weighted by atomic mass is 10.2.